The van der Waals surface area contributed by atoms with E-state index >= 15 is 0 Å². The molecule has 13 heteroatoms. The molecule has 0 aromatic carbocycles. The number of amides is 1. The average Bonchev–Trinajstić information content (AvgIpc) is 3.32. The number of guanidine groups is 1. The number of nitrogens with two attached hydrogens (primary N) is 1. The summed E-state index contributed by atoms with van der Waals surface area (Å²) in [6.07, 6.45) is 8.58. The second-order valence-electron chi connectivity index (χ2n) is 15.4. The lowest BCUT2D eigenvalue weighted by atomic mass is 9.43. The van der Waals surface area contributed by atoms with Gasteiger partial charge in [0.15, 0.2) is 5.03 Å². The zero-order valence-corrected chi connectivity index (χ0v) is 28.4. The minimum Gasteiger partial charge on any atom is -0.404 e. The number of rotatable bonds is 16. The van der Waals surface area contributed by atoms with Gasteiger partial charge in [-0.2, -0.15) is 0 Å². The predicted molar refractivity (Wildman–Crippen MR) is 175 cm³/mol. The first-order valence-electron chi connectivity index (χ1n) is 17.2. The van der Waals surface area contributed by atoms with Crippen molar-refractivity contribution in [2.45, 2.75) is 123 Å². The third-order valence-corrected chi connectivity index (χ3v) is 11.3. The number of nitrogens with zero attached hydrogens (tertiary/aromatic N) is 3. The molecule has 3 saturated carbocycles. The van der Waals surface area contributed by atoms with E-state index in [0.29, 0.717) is 49.4 Å². The number of Topliss-reactive ketones (excluding diaryl/α,β-unsaturated/α-hetero) is 1. The molecule has 0 unspecified atom stereocenters. The molecule has 0 aromatic rings. The van der Waals surface area contributed by atoms with Gasteiger partial charge in [0.1, 0.15) is 5.78 Å². The Hall–Kier alpha value is -2.25. The van der Waals surface area contributed by atoms with Crippen molar-refractivity contribution in [3.05, 3.63) is 10.1 Å². The standard InChI is InChI=1S/C32H57BN6O6/c1-21(2)17-28(33-44-27-20-24-19-26(31(24,3)4)32(27,5)45-33)36-29(41)23(10-8-14-35-30(34)37-39(42)43)18-25(40)11-7-9-22-12-15-38(6)16-13-22/h21-24,26-28H,7-20H2,1-6H3,(H,36,41)(H3,34,35,37)/t23-,24+,26+,27-,28+,32+/m1/s1. The molecule has 0 aromatic heterocycles. The van der Waals surface area contributed by atoms with Crippen LogP contribution in [0, 0.1) is 45.1 Å². The maximum atomic E-state index is 13.9. The molecule has 2 heterocycles. The normalized spacial score (nSPS) is 29.5. The van der Waals surface area contributed by atoms with Crippen LogP contribution in [-0.2, 0) is 18.9 Å². The van der Waals surface area contributed by atoms with Crippen molar-refractivity contribution in [1.82, 2.24) is 15.6 Å². The molecule has 2 bridgehead atoms. The fraction of sp³-hybridized carbons (Fsp3) is 0.906. The summed E-state index contributed by atoms with van der Waals surface area (Å²) in [5, 5.41) is 13.1. The smallest absolute Gasteiger partial charge is 0.404 e. The molecule has 1 amide bonds. The van der Waals surface area contributed by atoms with E-state index in [4.69, 9.17) is 15.0 Å². The number of nitrogens with one attached hydrogen (secondary N) is 2. The van der Waals surface area contributed by atoms with Crippen molar-refractivity contribution in [3.8, 4) is 0 Å². The summed E-state index contributed by atoms with van der Waals surface area (Å²) in [4.78, 5) is 44.0. The Morgan fingerprint density at radius 3 is 2.53 bits per heavy atom. The quantitative estimate of drug-likeness (QED) is 0.0575. The molecule has 2 aliphatic heterocycles. The molecule has 45 heavy (non-hydrogen) atoms. The van der Waals surface area contributed by atoms with Gasteiger partial charge < -0.3 is 25.3 Å². The molecule has 5 fully saturated rings. The maximum Gasteiger partial charge on any atom is 0.481 e. The zero-order valence-electron chi connectivity index (χ0n) is 28.4. The summed E-state index contributed by atoms with van der Waals surface area (Å²) < 4.78 is 13.3. The number of hydrogen-bond acceptors (Lipinski definition) is 8. The number of ketones is 1. The van der Waals surface area contributed by atoms with Gasteiger partial charge in [-0.3, -0.25) is 9.59 Å². The van der Waals surface area contributed by atoms with E-state index < -0.39 is 18.1 Å². The van der Waals surface area contributed by atoms with Crippen LogP contribution in [0.1, 0.15) is 105 Å². The zero-order chi connectivity index (χ0) is 32.9. The monoisotopic (exact) mass is 632 g/mol. The van der Waals surface area contributed by atoms with Crippen LogP contribution >= 0.6 is 0 Å². The van der Waals surface area contributed by atoms with Gasteiger partial charge in [0.2, 0.25) is 5.91 Å². The fourth-order valence-electron chi connectivity index (χ4n) is 8.43. The van der Waals surface area contributed by atoms with E-state index in [1.165, 1.54) is 12.8 Å². The molecule has 0 spiro atoms. The van der Waals surface area contributed by atoms with E-state index in [9.17, 15) is 19.7 Å². The van der Waals surface area contributed by atoms with Crippen molar-refractivity contribution in [2.24, 2.45) is 45.7 Å². The Morgan fingerprint density at radius 1 is 1.18 bits per heavy atom. The Kier molecular flexibility index (Phi) is 12.0. The van der Waals surface area contributed by atoms with Gasteiger partial charge in [-0.25, -0.2) is 15.1 Å². The molecule has 6 atom stereocenters. The van der Waals surface area contributed by atoms with Crippen LogP contribution in [0.2, 0.25) is 0 Å². The van der Waals surface area contributed by atoms with Crippen LogP contribution < -0.4 is 16.5 Å². The Morgan fingerprint density at radius 2 is 1.89 bits per heavy atom. The molecular weight excluding hydrogens is 575 g/mol. The van der Waals surface area contributed by atoms with E-state index in [2.05, 4.69) is 56.9 Å². The highest BCUT2D eigenvalue weighted by Crippen LogP contribution is 2.65. The van der Waals surface area contributed by atoms with E-state index in [0.717, 1.165) is 38.8 Å². The number of carbonyl (C=O) groups is 2. The molecule has 2 saturated heterocycles. The molecule has 12 nitrogen and oxygen atoms in total. The lowest BCUT2D eigenvalue weighted by molar-refractivity contribution is -0.525. The highest BCUT2D eigenvalue weighted by atomic mass is 16.7. The van der Waals surface area contributed by atoms with E-state index in [1.54, 1.807) is 0 Å². The largest absolute Gasteiger partial charge is 0.481 e. The molecular formula is C32H57BN6O6. The molecule has 3 aliphatic carbocycles. The third-order valence-electron chi connectivity index (χ3n) is 11.3. The summed E-state index contributed by atoms with van der Waals surface area (Å²) in [5.41, 5.74) is 7.25. The number of piperidine rings is 1. The van der Waals surface area contributed by atoms with Crippen molar-refractivity contribution in [3.63, 3.8) is 0 Å². The number of nitro groups is 1. The topological polar surface area (TPSA) is 161 Å². The van der Waals surface area contributed by atoms with Gasteiger partial charge in [0.05, 0.1) is 17.6 Å². The van der Waals surface area contributed by atoms with E-state index in [-0.39, 0.29) is 53.7 Å². The van der Waals surface area contributed by atoms with Crippen LogP contribution in [0.25, 0.3) is 0 Å². The summed E-state index contributed by atoms with van der Waals surface area (Å²) in [7, 11) is 1.61. The van der Waals surface area contributed by atoms with Gasteiger partial charge in [-0.1, -0.05) is 33.1 Å². The number of carbonyl (C=O) groups excluding carboxylic acids is 2. The maximum absolute atomic E-state index is 13.9. The van der Waals surface area contributed by atoms with Gasteiger partial charge in [0.25, 0.3) is 5.96 Å². The Bertz CT molecular complexity index is 1080. The molecule has 0 radical (unpaired) electrons. The van der Waals surface area contributed by atoms with Gasteiger partial charge in [0, 0.05) is 25.3 Å². The number of likely N-dealkylation sites (tertiary alicyclic amines) is 1. The van der Waals surface area contributed by atoms with E-state index in [1.807, 2.05) is 5.43 Å². The second kappa shape index (κ2) is 15.1. The lowest BCUT2D eigenvalue weighted by Crippen LogP contribution is -2.65. The predicted octanol–water partition coefficient (Wildman–Crippen LogP) is 3.75. The summed E-state index contributed by atoms with van der Waals surface area (Å²) in [5.74, 6) is 0.775. The number of hydrazine groups is 1. The molecule has 4 N–H and O–H groups in total. The first-order chi connectivity index (χ1) is 21.2. The van der Waals surface area contributed by atoms with Gasteiger partial charge in [-0.15, -0.1) is 0 Å². The SMILES string of the molecule is CC(C)C[C@H](NC(=O)[C@H](CCCN=C(N)N[N+](=O)[O-])CC(=O)CCCC1CCN(C)CC1)B1O[C@@H]2C[C@@H]3C[C@@H](C3(C)C)[C@]2(C)O1. The van der Waals surface area contributed by atoms with Gasteiger partial charge >= 0.3 is 7.12 Å². The summed E-state index contributed by atoms with van der Waals surface area (Å²) in [6.45, 7) is 13.5. The van der Waals surface area contributed by atoms with Crippen LogP contribution in [0.3, 0.4) is 0 Å². The number of hydrogen-bond donors (Lipinski definition) is 3. The van der Waals surface area contributed by atoms with Crippen molar-refractivity contribution < 1.29 is 23.9 Å². The number of aliphatic imine (C=N–C) groups is 1. The van der Waals surface area contributed by atoms with Gasteiger partial charge in [-0.05, 0) is 114 Å². The fourth-order valence-corrected chi connectivity index (χ4v) is 8.43. The lowest BCUT2D eigenvalue weighted by Gasteiger charge is -2.64. The third kappa shape index (κ3) is 8.97. The minimum absolute atomic E-state index is 0.0175. The highest BCUT2D eigenvalue weighted by Gasteiger charge is 2.68. The Labute approximate surface area is 269 Å². The first kappa shape index (κ1) is 35.6. The van der Waals surface area contributed by atoms with Crippen molar-refractivity contribution in [1.29, 1.82) is 0 Å². The second-order valence-corrected chi connectivity index (χ2v) is 15.4. The molecule has 5 rings (SSSR count). The average molecular weight is 633 g/mol. The molecule has 254 valence electrons. The highest BCUT2D eigenvalue weighted by molar-refractivity contribution is 6.47. The Balaban J connectivity index is 1.38. The van der Waals surface area contributed by atoms with Crippen LogP contribution in [0.4, 0.5) is 0 Å². The van der Waals surface area contributed by atoms with Crippen LogP contribution in [0.15, 0.2) is 4.99 Å². The summed E-state index contributed by atoms with van der Waals surface area (Å²) in [6, 6.07) is 0. The first-order valence-corrected chi connectivity index (χ1v) is 17.2. The summed E-state index contributed by atoms with van der Waals surface area (Å²) >= 11 is 0. The molecule has 5 aliphatic rings. The van der Waals surface area contributed by atoms with Crippen molar-refractivity contribution in [2.75, 3.05) is 26.7 Å². The van der Waals surface area contributed by atoms with Crippen LogP contribution in [-0.4, -0.2) is 79.0 Å². The minimum atomic E-state index is -0.762. The van der Waals surface area contributed by atoms with Crippen LogP contribution in [0.5, 0.6) is 0 Å². The van der Waals surface area contributed by atoms with Crippen molar-refractivity contribution >= 4 is 24.8 Å².